The lowest BCUT2D eigenvalue weighted by Gasteiger charge is -2.46. The molecule has 1 aliphatic carbocycles. The number of anilines is 6. The summed E-state index contributed by atoms with van der Waals surface area (Å²) < 4.78 is 190. The quantitative estimate of drug-likeness (QED) is 0.133. The number of nitrogens with zero attached hydrogens (tertiary/aromatic N) is 2. The molecule has 0 aromatic heterocycles. The zero-order valence-electron chi connectivity index (χ0n) is 67.3. The van der Waals surface area contributed by atoms with Gasteiger partial charge in [0.15, 0.2) is 0 Å². The average Bonchev–Trinajstić information content (AvgIpc) is 0.684. The third-order valence-corrected chi connectivity index (χ3v) is 16.9. The number of benzene rings is 11. The molecule has 0 spiro atoms. The minimum atomic E-state index is -0.822. The van der Waals surface area contributed by atoms with Crippen molar-refractivity contribution in [2.75, 3.05) is 9.80 Å². The Kier molecular flexibility index (Phi) is 8.78. The maximum absolute atomic E-state index is 9.94. The Morgan fingerprint density at radius 1 is 0.361 bits per heavy atom. The second kappa shape index (κ2) is 21.1. The Labute approximate surface area is 521 Å². The predicted molar refractivity (Wildman–Crippen MR) is 356 cm³/mol. The van der Waals surface area contributed by atoms with Gasteiger partial charge in [-0.3, -0.25) is 0 Å². The monoisotopic (exact) mass is 1090 g/mol. The molecule has 0 amide bonds. The first-order valence-electron chi connectivity index (χ1n) is 38.6. The van der Waals surface area contributed by atoms with Gasteiger partial charge in [0, 0.05) is 45.0 Å². The van der Waals surface area contributed by atoms with Crippen molar-refractivity contribution in [2.45, 2.75) is 90.4 Å². The molecule has 83 heavy (non-hydrogen) atoms. The van der Waals surface area contributed by atoms with Gasteiger partial charge in [0.05, 0.1) is 38.8 Å². The van der Waals surface area contributed by atoms with Gasteiger partial charge in [0.1, 0.15) is 0 Å². The van der Waals surface area contributed by atoms with E-state index in [0.717, 1.165) is 59.9 Å². The van der Waals surface area contributed by atoms with Gasteiger partial charge in [-0.2, -0.15) is 0 Å². The first-order valence-corrected chi connectivity index (χ1v) is 28.6. The molecule has 3 heteroatoms. The van der Waals surface area contributed by atoms with Crippen LogP contribution in [0.15, 0.2) is 254 Å². The SMILES string of the molecule is [2H]c1c([2H])c([2H])c(-c2cc(C(C)(C)C)cc(-c3c([2H])c([2H])c([2H])c([2H])c3[2H])c2N2c3ccc(-c4ccccc4)cc3B3c4cc(-c5ccccc5)ccc4N(c4c(-c5c([2H])c([2H])c([2H])c([2H])c5[2H])cc(C(C)(C)C)cc4-c4c([2H])c([2H])c([2H])c([2H])c4[2H])c4cc(C5CCCCC5)cc2c43)c([2H])c1[2H]. The molecular weight excluding hydrogens is 1000 g/mol. The van der Waals surface area contributed by atoms with Crippen LogP contribution in [0.1, 0.15) is 124 Å². The molecule has 2 heterocycles. The molecule has 2 aliphatic heterocycles. The summed E-state index contributed by atoms with van der Waals surface area (Å²) in [6.45, 7) is 10.7. The Balaban J connectivity index is 1.27. The Bertz CT molecular complexity index is 4810. The molecule has 0 radical (unpaired) electrons. The van der Waals surface area contributed by atoms with Gasteiger partial charge in [0.25, 0.3) is 6.71 Å². The van der Waals surface area contributed by atoms with E-state index >= 15 is 0 Å². The van der Waals surface area contributed by atoms with Crippen LogP contribution in [-0.2, 0) is 10.8 Å². The van der Waals surface area contributed by atoms with Gasteiger partial charge >= 0.3 is 0 Å². The van der Waals surface area contributed by atoms with E-state index in [0.29, 0.717) is 50.3 Å². The summed E-state index contributed by atoms with van der Waals surface area (Å²) in [5, 5.41) is 0. The highest BCUT2D eigenvalue weighted by Crippen LogP contribution is 2.55. The first kappa shape index (κ1) is 34.5. The van der Waals surface area contributed by atoms with Crippen molar-refractivity contribution in [3.8, 4) is 66.8 Å². The van der Waals surface area contributed by atoms with E-state index in [-0.39, 0.29) is 61.8 Å². The number of hydrogen-bond donors (Lipinski definition) is 0. The van der Waals surface area contributed by atoms with Gasteiger partial charge < -0.3 is 9.80 Å². The van der Waals surface area contributed by atoms with Crippen molar-refractivity contribution in [3.63, 3.8) is 0 Å². The lowest BCUT2D eigenvalue weighted by Crippen LogP contribution is -2.61. The van der Waals surface area contributed by atoms with Crippen molar-refractivity contribution in [3.05, 3.63) is 271 Å². The highest BCUT2D eigenvalue weighted by Gasteiger charge is 2.46. The molecule has 11 aromatic rings. The summed E-state index contributed by atoms with van der Waals surface area (Å²) in [6.07, 6.45) is 4.10. The minimum absolute atomic E-state index is 0.0729. The van der Waals surface area contributed by atoms with Crippen molar-refractivity contribution < 1.29 is 27.4 Å². The number of fused-ring (bicyclic) bond motifs is 4. The van der Waals surface area contributed by atoms with Crippen LogP contribution < -0.4 is 26.2 Å². The van der Waals surface area contributed by atoms with E-state index in [9.17, 15) is 21.9 Å². The standard InChI is InChI=1S/C80H71BN2/c1-79(2,3)64-50-66(57-34-20-10-21-35-57)77(67(51-64)58-36-22-11-23-37-58)82-72-44-42-61(54-28-14-7-15-29-54)46-70(72)81-71-47-62(55-30-16-8-17-31-55)43-45-73(71)83(75-49-63(48-74(82)76(75)81)56-32-18-9-19-33-56)78-68(59-38-24-12-25-39-59)52-65(80(4,5)6)53-69(78)60-40-26-13-27-41-60/h7-8,10-17,20-31,34-53,56H,9,18-19,32-33H2,1-6H3/i10D,11D,12D,13D,20D,21D,22D,23D,24D,25D,26D,27D,34D,35D,36D,37D,38D,39D,40D,41D. The Morgan fingerprint density at radius 2 is 0.711 bits per heavy atom. The fourth-order valence-corrected chi connectivity index (χ4v) is 12.7. The molecule has 0 unspecified atom stereocenters. The van der Waals surface area contributed by atoms with Crippen LogP contribution in [0.25, 0.3) is 66.8 Å². The van der Waals surface area contributed by atoms with Crippen LogP contribution in [0, 0.1) is 0 Å². The molecule has 11 aromatic carbocycles. The summed E-state index contributed by atoms with van der Waals surface area (Å²) in [4.78, 5) is 3.90. The minimum Gasteiger partial charge on any atom is -0.310 e. The second-order valence-electron chi connectivity index (χ2n) is 24.0. The lowest BCUT2D eigenvalue weighted by molar-refractivity contribution is 0.444. The van der Waals surface area contributed by atoms with E-state index in [1.165, 1.54) is 0 Å². The number of hydrogen-bond acceptors (Lipinski definition) is 2. The van der Waals surface area contributed by atoms with Crippen LogP contribution in [0.4, 0.5) is 34.1 Å². The van der Waals surface area contributed by atoms with E-state index in [1.807, 2.05) is 136 Å². The molecule has 404 valence electrons. The summed E-state index contributed by atoms with van der Waals surface area (Å²) in [5.41, 5.74) is 6.82. The second-order valence-corrected chi connectivity index (χ2v) is 24.0. The van der Waals surface area contributed by atoms with Gasteiger partial charge in [-0.25, -0.2) is 0 Å². The highest BCUT2D eigenvalue weighted by atomic mass is 15.2. The van der Waals surface area contributed by atoms with E-state index < -0.39 is 138 Å². The lowest BCUT2D eigenvalue weighted by atomic mass is 9.33. The summed E-state index contributed by atoms with van der Waals surface area (Å²) >= 11 is 0. The van der Waals surface area contributed by atoms with Gasteiger partial charge in [-0.15, -0.1) is 0 Å². The van der Waals surface area contributed by atoms with Gasteiger partial charge in [-0.1, -0.05) is 267 Å². The summed E-state index contributed by atoms with van der Waals surface area (Å²) in [5.74, 6) is -0.158. The average molecular weight is 1090 g/mol. The molecule has 0 N–H and O–H groups in total. The summed E-state index contributed by atoms with van der Waals surface area (Å²) in [6, 6.07) is 30.6. The van der Waals surface area contributed by atoms with Gasteiger partial charge in [0.2, 0.25) is 0 Å². The summed E-state index contributed by atoms with van der Waals surface area (Å²) in [7, 11) is 0. The maximum Gasteiger partial charge on any atom is 0.252 e. The van der Waals surface area contributed by atoms with Crippen LogP contribution in [0.2, 0.25) is 0 Å². The molecular formula is C80H71BN2. The zero-order chi connectivity index (χ0) is 73.8. The maximum atomic E-state index is 9.94. The highest BCUT2D eigenvalue weighted by molar-refractivity contribution is 7.00. The van der Waals surface area contributed by atoms with Crippen LogP contribution in [-0.4, -0.2) is 6.71 Å². The fourth-order valence-electron chi connectivity index (χ4n) is 12.7. The van der Waals surface area contributed by atoms with Gasteiger partial charge in [-0.05, 0) is 156 Å². The Hall–Kier alpha value is -8.92. The molecule has 2 nitrogen and oxygen atoms in total. The first-order chi connectivity index (χ1) is 48.7. The van der Waals surface area contributed by atoms with E-state index in [4.69, 9.17) is 5.48 Å². The van der Waals surface area contributed by atoms with E-state index in [1.54, 1.807) is 24.3 Å². The third-order valence-electron chi connectivity index (χ3n) is 16.9. The van der Waals surface area contributed by atoms with Crippen molar-refractivity contribution in [2.24, 2.45) is 0 Å². The topological polar surface area (TPSA) is 6.48 Å². The molecule has 1 saturated carbocycles. The smallest absolute Gasteiger partial charge is 0.252 e. The molecule has 0 atom stereocenters. The van der Waals surface area contributed by atoms with Crippen molar-refractivity contribution in [1.29, 1.82) is 0 Å². The predicted octanol–water partition coefficient (Wildman–Crippen LogP) is 20.4. The van der Waals surface area contributed by atoms with Crippen molar-refractivity contribution in [1.82, 2.24) is 0 Å². The van der Waals surface area contributed by atoms with Crippen LogP contribution in [0.3, 0.4) is 0 Å². The molecule has 0 saturated heterocycles. The molecule has 1 fully saturated rings. The molecule has 0 bridgehead atoms. The fraction of sp³-hybridized carbons (Fsp3) is 0.175. The van der Waals surface area contributed by atoms with Crippen LogP contribution in [0.5, 0.6) is 0 Å². The van der Waals surface area contributed by atoms with E-state index in [2.05, 4.69) is 24.3 Å². The number of rotatable bonds is 9. The largest absolute Gasteiger partial charge is 0.310 e. The molecule has 14 rings (SSSR count). The van der Waals surface area contributed by atoms with Crippen LogP contribution >= 0.6 is 0 Å². The zero-order valence-corrected chi connectivity index (χ0v) is 47.3. The Morgan fingerprint density at radius 3 is 1.05 bits per heavy atom. The van der Waals surface area contributed by atoms with Crippen molar-refractivity contribution >= 4 is 57.2 Å². The normalized spacial score (nSPS) is 17.4. The molecule has 3 aliphatic rings. The third kappa shape index (κ3) is 9.51.